The summed E-state index contributed by atoms with van der Waals surface area (Å²) in [5.41, 5.74) is 0.548. The summed E-state index contributed by atoms with van der Waals surface area (Å²) >= 11 is 7.29. The summed E-state index contributed by atoms with van der Waals surface area (Å²) in [7, 11) is 0. The third-order valence-corrected chi connectivity index (χ3v) is 5.36. The highest BCUT2D eigenvalue weighted by Gasteiger charge is 2.21. The van der Waals surface area contributed by atoms with E-state index in [1.54, 1.807) is 42.5 Å². The molecule has 0 radical (unpaired) electrons. The number of carbonyl (C=O) groups excluding carboxylic acids is 1. The molecule has 0 spiro atoms. The number of rotatable bonds is 9. The number of hydrogen-bond donors (Lipinski definition) is 0. The summed E-state index contributed by atoms with van der Waals surface area (Å²) in [6.45, 7) is 6.21. The summed E-state index contributed by atoms with van der Waals surface area (Å²) in [6.07, 6.45) is 1.72. The third-order valence-electron chi connectivity index (χ3n) is 4.05. The van der Waals surface area contributed by atoms with Gasteiger partial charge in [-0.2, -0.15) is 0 Å². The van der Waals surface area contributed by atoms with E-state index in [0.717, 1.165) is 0 Å². The van der Waals surface area contributed by atoms with Crippen LogP contribution in [0.2, 0.25) is 5.02 Å². The third kappa shape index (κ3) is 5.46. The fourth-order valence-electron chi connectivity index (χ4n) is 2.59. The Morgan fingerprint density at radius 1 is 1.31 bits per heavy atom. The van der Waals surface area contributed by atoms with E-state index in [-0.39, 0.29) is 23.5 Å². The Balaban J connectivity index is 1.72. The first-order chi connectivity index (χ1) is 14.0. The van der Waals surface area contributed by atoms with Gasteiger partial charge >= 0.3 is 0 Å². The molecule has 1 aromatic heterocycles. The van der Waals surface area contributed by atoms with Crippen LogP contribution in [-0.2, 0) is 13.2 Å². The SMILES string of the molecule is C=CCn1c(COc2ccc(F)cc2)nnc1S[C@H](C)C(=O)c1cccc(Cl)c1. The lowest BCUT2D eigenvalue weighted by atomic mass is 10.1. The lowest BCUT2D eigenvalue weighted by Crippen LogP contribution is -2.15. The van der Waals surface area contributed by atoms with Gasteiger partial charge in [0.15, 0.2) is 16.8 Å². The quantitative estimate of drug-likeness (QED) is 0.265. The molecule has 8 heteroatoms. The Labute approximate surface area is 177 Å². The molecule has 0 aliphatic heterocycles. The first-order valence-electron chi connectivity index (χ1n) is 8.85. The molecular formula is C21H19ClFN3O2S. The molecule has 0 N–H and O–H groups in total. The topological polar surface area (TPSA) is 57.0 Å². The number of Topliss-reactive ketones (excluding diaryl/α,β-unsaturated/α-hetero) is 1. The van der Waals surface area contributed by atoms with Gasteiger partial charge in [-0.15, -0.1) is 16.8 Å². The van der Waals surface area contributed by atoms with Gasteiger partial charge < -0.3 is 4.74 Å². The molecule has 0 aliphatic rings. The summed E-state index contributed by atoms with van der Waals surface area (Å²) in [6, 6.07) is 12.6. The van der Waals surface area contributed by atoms with Crippen molar-refractivity contribution in [1.29, 1.82) is 0 Å². The van der Waals surface area contributed by atoms with Gasteiger partial charge in [-0.1, -0.05) is 41.6 Å². The normalized spacial score (nSPS) is 11.8. The highest BCUT2D eigenvalue weighted by atomic mass is 35.5. The van der Waals surface area contributed by atoms with Crippen molar-refractivity contribution < 1.29 is 13.9 Å². The monoisotopic (exact) mass is 431 g/mol. The van der Waals surface area contributed by atoms with Crippen molar-refractivity contribution in [2.45, 2.75) is 30.5 Å². The minimum absolute atomic E-state index is 0.0465. The highest BCUT2D eigenvalue weighted by molar-refractivity contribution is 8.00. The van der Waals surface area contributed by atoms with Crippen molar-refractivity contribution in [1.82, 2.24) is 14.8 Å². The summed E-state index contributed by atoms with van der Waals surface area (Å²) in [5.74, 6) is 0.733. The molecule has 3 aromatic rings. The van der Waals surface area contributed by atoms with E-state index < -0.39 is 0 Å². The maximum Gasteiger partial charge on any atom is 0.192 e. The Morgan fingerprint density at radius 3 is 2.76 bits per heavy atom. The molecule has 2 aromatic carbocycles. The molecule has 29 heavy (non-hydrogen) atoms. The number of thioether (sulfide) groups is 1. The summed E-state index contributed by atoms with van der Waals surface area (Å²) in [5, 5.41) is 9.11. The molecule has 3 rings (SSSR count). The lowest BCUT2D eigenvalue weighted by Gasteiger charge is -2.12. The molecule has 1 atom stereocenters. The zero-order valence-electron chi connectivity index (χ0n) is 15.7. The number of ketones is 1. The second-order valence-electron chi connectivity index (χ2n) is 6.18. The zero-order chi connectivity index (χ0) is 20.8. The molecular weight excluding hydrogens is 413 g/mol. The number of carbonyl (C=O) groups is 1. The van der Waals surface area contributed by atoms with E-state index >= 15 is 0 Å². The summed E-state index contributed by atoms with van der Waals surface area (Å²) < 4.78 is 20.5. The van der Waals surface area contributed by atoms with E-state index in [1.165, 1.54) is 23.9 Å². The standard InChI is InChI=1S/C21H19ClFN3O2S/c1-3-11-26-19(13-28-18-9-7-17(23)8-10-18)24-25-21(26)29-14(2)20(27)15-5-4-6-16(22)12-15/h3-10,12,14H,1,11,13H2,2H3/t14-/m1/s1. The molecule has 0 amide bonds. The van der Waals surface area contributed by atoms with E-state index in [0.29, 0.717) is 33.9 Å². The minimum Gasteiger partial charge on any atom is -0.486 e. The van der Waals surface area contributed by atoms with Crippen LogP contribution in [0.5, 0.6) is 5.75 Å². The van der Waals surface area contributed by atoms with Crippen molar-refractivity contribution in [2.24, 2.45) is 0 Å². The molecule has 0 bridgehead atoms. The van der Waals surface area contributed by atoms with Crippen LogP contribution in [0.1, 0.15) is 23.1 Å². The smallest absolute Gasteiger partial charge is 0.192 e. The Hall–Kier alpha value is -2.64. The number of hydrogen-bond acceptors (Lipinski definition) is 5. The Kier molecular flexibility index (Phi) is 7.06. The second kappa shape index (κ2) is 9.71. The van der Waals surface area contributed by atoms with Crippen LogP contribution in [0.15, 0.2) is 66.3 Å². The lowest BCUT2D eigenvalue weighted by molar-refractivity contribution is 0.0994. The highest BCUT2D eigenvalue weighted by Crippen LogP contribution is 2.26. The van der Waals surface area contributed by atoms with E-state index in [2.05, 4.69) is 16.8 Å². The van der Waals surface area contributed by atoms with Crippen LogP contribution < -0.4 is 4.74 Å². The fraction of sp³-hybridized carbons (Fsp3) is 0.190. The number of nitrogens with zero attached hydrogens (tertiary/aromatic N) is 3. The van der Waals surface area contributed by atoms with Crippen molar-refractivity contribution in [3.05, 3.63) is 83.4 Å². The van der Waals surface area contributed by atoms with Gasteiger partial charge in [0.05, 0.1) is 5.25 Å². The van der Waals surface area contributed by atoms with Gasteiger partial charge in [-0.25, -0.2) is 4.39 Å². The Bertz CT molecular complexity index is 1010. The van der Waals surface area contributed by atoms with Crippen LogP contribution >= 0.6 is 23.4 Å². The molecule has 0 aliphatic carbocycles. The number of benzene rings is 2. The average Bonchev–Trinajstić information content (AvgIpc) is 3.08. The fourth-order valence-corrected chi connectivity index (χ4v) is 3.74. The molecule has 0 fully saturated rings. The average molecular weight is 432 g/mol. The van der Waals surface area contributed by atoms with Gasteiger partial charge in [0.1, 0.15) is 18.2 Å². The summed E-state index contributed by atoms with van der Waals surface area (Å²) in [4.78, 5) is 12.7. The van der Waals surface area contributed by atoms with Crippen molar-refractivity contribution in [3.63, 3.8) is 0 Å². The van der Waals surface area contributed by atoms with E-state index in [4.69, 9.17) is 16.3 Å². The first kappa shape index (κ1) is 21.1. The van der Waals surface area contributed by atoms with Crippen molar-refractivity contribution >= 4 is 29.1 Å². The van der Waals surface area contributed by atoms with E-state index in [1.807, 2.05) is 11.5 Å². The first-order valence-corrected chi connectivity index (χ1v) is 10.1. The predicted molar refractivity (Wildman–Crippen MR) is 112 cm³/mol. The zero-order valence-corrected chi connectivity index (χ0v) is 17.3. The molecule has 1 heterocycles. The molecule has 0 saturated carbocycles. The van der Waals surface area contributed by atoms with Crippen molar-refractivity contribution in [2.75, 3.05) is 0 Å². The maximum absolute atomic E-state index is 13.0. The minimum atomic E-state index is -0.382. The van der Waals surface area contributed by atoms with Gasteiger partial charge in [0, 0.05) is 17.1 Å². The number of ether oxygens (including phenoxy) is 1. The second-order valence-corrected chi connectivity index (χ2v) is 7.92. The molecule has 150 valence electrons. The predicted octanol–water partition coefficient (Wildman–Crippen LogP) is 5.20. The largest absolute Gasteiger partial charge is 0.486 e. The number of allylic oxidation sites excluding steroid dienone is 1. The molecule has 5 nitrogen and oxygen atoms in total. The van der Waals surface area contributed by atoms with Crippen LogP contribution in [-0.4, -0.2) is 25.8 Å². The van der Waals surface area contributed by atoms with Crippen LogP contribution in [0, 0.1) is 5.82 Å². The van der Waals surface area contributed by atoms with Gasteiger partial charge in [0.2, 0.25) is 0 Å². The Morgan fingerprint density at radius 2 is 2.07 bits per heavy atom. The molecule has 0 unspecified atom stereocenters. The van der Waals surface area contributed by atoms with Crippen LogP contribution in [0.3, 0.4) is 0 Å². The van der Waals surface area contributed by atoms with Gasteiger partial charge in [-0.3, -0.25) is 9.36 Å². The van der Waals surface area contributed by atoms with Crippen LogP contribution in [0.4, 0.5) is 4.39 Å². The van der Waals surface area contributed by atoms with Gasteiger partial charge in [0.25, 0.3) is 0 Å². The van der Waals surface area contributed by atoms with Crippen LogP contribution in [0.25, 0.3) is 0 Å². The number of halogens is 2. The van der Waals surface area contributed by atoms with Crippen molar-refractivity contribution in [3.8, 4) is 5.75 Å². The number of aromatic nitrogens is 3. The molecule has 0 saturated heterocycles. The maximum atomic E-state index is 13.0. The van der Waals surface area contributed by atoms with E-state index in [9.17, 15) is 9.18 Å². The van der Waals surface area contributed by atoms with Gasteiger partial charge in [-0.05, 0) is 43.3 Å².